The van der Waals surface area contributed by atoms with E-state index in [-0.39, 0.29) is 34.5 Å². The second-order valence-corrected chi connectivity index (χ2v) is 16.3. The minimum atomic E-state index is -2.20. The van der Waals surface area contributed by atoms with Gasteiger partial charge in [-0.05, 0) is 56.2 Å². The molecule has 31 heavy (non-hydrogen) atoms. The van der Waals surface area contributed by atoms with E-state index in [4.69, 9.17) is 9.16 Å². The fourth-order valence-corrected chi connectivity index (χ4v) is 6.40. The summed E-state index contributed by atoms with van der Waals surface area (Å²) in [5.41, 5.74) is -0.891. The smallest absolute Gasteiger partial charge is 0.308 e. The fourth-order valence-electron chi connectivity index (χ4n) is 4.77. The molecule has 1 rings (SSSR count). The summed E-state index contributed by atoms with van der Waals surface area (Å²) in [5, 5.41) is 11.1. The molecule has 1 aliphatic rings. The molecule has 5 nitrogen and oxygen atoms in total. The van der Waals surface area contributed by atoms with Gasteiger partial charge in [-0.15, -0.1) is 0 Å². The molecule has 0 saturated heterocycles. The number of methoxy groups -OCH3 is 1. The van der Waals surface area contributed by atoms with Gasteiger partial charge in [-0.1, -0.05) is 60.8 Å². The van der Waals surface area contributed by atoms with Gasteiger partial charge in [0.15, 0.2) is 14.1 Å². The highest BCUT2D eigenvalue weighted by molar-refractivity contribution is 6.74. The third kappa shape index (κ3) is 6.88. The summed E-state index contributed by atoms with van der Waals surface area (Å²) in [5.74, 6) is -1.17. The number of ketones is 1. The zero-order valence-corrected chi connectivity index (χ0v) is 22.7. The van der Waals surface area contributed by atoms with E-state index < -0.39 is 25.9 Å². The molecule has 1 saturated carbocycles. The molecule has 0 aromatic heterocycles. The first kappa shape index (κ1) is 28.3. The van der Waals surface area contributed by atoms with Crippen molar-refractivity contribution in [2.45, 2.75) is 117 Å². The average Bonchev–Trinajstić information content (AvgIpc) is 2.70. The number of esters is 1. The number of carbonyl (C=O) groups excluding carboxylic acids is 2. The van der Waals surface area contributed by atoms with Crippen molar-refractivity contribution >= 4 is 20.1 Å². The van der Waals surface area contributed by atoms with Crippen molar-refractivity contribution in [2.24, 2.45) is 23.7 Å². The monoisotopic (exact) mass is 456 g/mol. The van der Waals surface area contributed by atoms with Crippen LogP contribution in [0.5, 0.6) is 0 Å². The van der Waals surface area contributed by atoms with E-state index in [9.17, 15) is 14.7 Å². The first-order valence-corrected chi connectivity index (χ1v) is 15.0. The molecule has 0 aromatic carbocycles. The highest BCUT2D eigenvalue weighted by atomic mass is 28.4. The van der Waals surface area contributed by atoms with Crippen LogP contribution in [0.15, 0.2) is 0 Å². The number of Topliss-reactive ketones (excluding diaryl/α,β-unsaturated/α-hetero) is 1. The lowest BCUT2D eigenvalue weighted by Crippen LogP contribution is -2.58. The number of hydrogen-bond donors (Lipinski definition) is 1. The SMILES string of the molecule is COC(=O)[C@H](C)C[C@H](C)[C@H](O)[C@@H](C)C(=O)[C@@](C)(O[Si](C)(C)C(C)(C)C)C1CCCCC1. The summed E-state index contributed by atoms with van der Waals surface area (Å²) < 4.78 is 11.7. The molecular weight excluding hydrogens is 408 g/mol. The largest absolute Gasteiger partial charge is 0.469 e. The number of aliphatic hydroxyl groups is 1. The highest BCUT2D eigenvalue weighted by Crippen LogP contribution is 2.45. The predicted octanol–water partition coefficient (Wildman–Crippen LogP) is 5.75. The summed E-state index contributed by atoms with van der Waals surface area (Å²) in [6, 6.07) is 0. The molecule has 0 bridgehead atoms. The summed E-state index contributed by atoms with van der Waals surface area (Å²) >= 11 is 0. The number of carbonyl (C=O) groups is 2. The predicted molar refractivity (Wildman–Crippen MR) is 128 cm³/mol. The molecule has 0 aliphatic heterocycles. The third-order valence-corrected chi connectivity index (χ3v) is 12.5. The van der Waals surface area contributed by atoms with Crippen molar-refractivity contribution in [1.29, 1.82) is 0 Å². The van der Waals surface area contributed by atoms with Gasteiger partial charge in [-0.25, -0.2) is 0 Å². The number of ether oxygens (including phenoxy) is 1. The molecule has 0 radical (unpaired) electrons. The fraction of sp³-hybridized carbons (Fsp3) is 0.920. The summed E-state index contributed by atoms with van der Waals surface area (Å²) in [4.78, 5) is 25.7. The zero-order chi connectivity index (χ0) is 24.2. The van der Waals surface area contributed by atoms with Crippen molar-refractivity contribution in [2.75, 3.05) is 7.11 Å². The molecule has 5 atom stereocenters. The topological polar surface area (TPSA) is 72.8 Å². The van der Waals surface area contributed by atoms with Crippen LogP contribution in [0.25, 0.3) is 0 Å². The molecule has 0 aromatic rings. The number of rotatable bonds is 10. The van der Waals surface area contributed by atoms with E-state index in [1.54, 1.807) is 6.92 Å². The lowest BCUT2D eigenvalue weighted by atomic mass is 9.71. The van der Waals surface area contributed by atoms with Gasteiger partial charge >= 0.3 is 5.97 Å². The van der Waals surface area contributed by atoms with Gasteiger partial charge in [0.1, 0.15) is 5.60 Å². The van der Waals surface area contributed by atoms with E-state index in [2.05, 4.69) is 33.9 Å². The molecule has 1 fully saturated rings. The van der Waals surface area contributed by atoms with Gasteiger partial charge in [-0.3, -0.25) is 9.59 Å². The Bertz CT molecular complexity index is 606. The van der Waals surface area contributed by atoms with Crippen LogP contribution < -0.4 is 0 Å². The average molecular weight is 457 g/mol. The van der Waals surface area contributed by atoms with E-state index in [1.165, 1.54) is 13.5 Å². The maximum atomic E-state index is 13.9. The molecule has 6 heteroatoms. The molecule has 0 heterocycles. The van der Waals surface area contributed by atoms with Gasteiger partial charge in [0.05, 0.1) is 19.1 Å². The van der Waals surface area contributed by atoms with Gasteiger partial charge in [0.25, 0.3) is 0 Å². The highest BCUT2D eigenvalue weighted by Gasteiger charge is 2.51. The maximum Gasteiger partial charge on any atom is 0.308 e. The van der Waals surface area contributed by atoms with Gasteiger partial charge in [0, 0.05) is 5.92 Å². The Labute approximate surface area is 191 Å². The second-order valence-electron chi connectivity index (χ2n) is 11.6. The van der Waals surface area contributed by atoms with E-state index >= 15 is 0 Å². The molecule has 182 valence electrons. The first-order chi connectivity index (χ1) is 14.1. The van der Waals surface area contributed by atoms with Crippen LogP contribution in [0.2, 0.25) is 18.1 Å². The molecule has 1 aliphatic carbocycles. The van der Waals surface area contributed by atoms with Crippen molar-refractivity contribution in [1.82, 2.24) is 0 Å². The molecule has 0 amide bonds. The standard InChI is InChI=1S/C25H48O5Si/c1-17(16-18(2)23(28)29-8)21(26)19(3)22(27)25(7,20-14-12-11-13-15-20)30-31(9,10)24(4,5)6/h17-21,26H,11-16H2,1-10H3/t17-,18+,19+,21-,25-/m0/s1. The van der Waals surface area contributed by atoms with E-state index in [0.29, 0.717) is 6.42 Å². The second kappa shape index (κ2) is 10.9. The van der Waals surface area contributed by atoms with Crippen molar-refractivity contribution < 1.29 is 23.9 Å². The molecular formula is C25H48O5Si. The van der Waals surface area contributed by atoms with Crippen LogP contribution in [0.4, 0.5) is 0 Å². The van der Waals surface area contributed by atoms with Crippen LogP contribution in [-0.4, -0.2) is 44.0 Å². The molecule has 1 N–H and O–H groups in total. The normalized spacial score (nSPS) is 22.2. The Morgan fingerprint density at radius 2 is 1.55 bits per heavy atom. The van der Waals surface area contributed by atoms with Crippen molar-refractivity contribution in [3.8, 4) is 0 Å². The lowest BCUT2D eigenvalue weighted by molar-refractivity contribution is -0.149. The van der Waals surface area contributed by atoms with Gasteiger partial charge in [0.2, 0.25) is 0 Å². The van der Waals surface area contributed by atoms with Crippen LogP contribution in [0.1, 0.15) is 87.0 Å². The Kier molecular flexibility index (Phi) is 9.98. The summed E-state index contributed by atoms with van der Waals surface area (Å²) in [6.07, 6.45) is 5.10. The van der Waals surface area contributed by atoms with E-state index in [0.717, 1.165) is 25.7 Å². The third-order valence-electron chi connectivity index (χ3n) is 7.98. The first-order valence-electron chi connectivity index (χ1n) is 12.1. The Morgan fingerprint density at radius 1 is 1.03 bits per heavy atom. The maximum absolute atomic E-state index is 13.9. The van der Waals surface area contributed by atoms with Crippen LogP contribution in [-0.2, 0) is 18.8 Å². The van der Waals surface area contributed by atoms with Gasteiger partial charge < -0.3 is 14.3 Å². The van der Waals surface area contributed by atoms with E-state index in [1.807, 2.05) is 20.8 Å². The Balaban J connectivity index is 3.14. The van der Waals surface area contributed by atoms with Crippen LogP contribution in [0, 0.1) is 23.7 Å². The summed E-state index contributed by atoms with van der Waals surface area (Å²) in [7, 11) is -0.830. The quantitative estimate of drug-likeness (QED) is 0.335. The molecule has 0 spiro atoms. The van der Waals surface area contributed by atoms with Crippen molar-refractivity contribution in [3.63, 3.8) is 0 Å². The minimum absolute atomic E-state index is 0.00566. The van der Waals surface area contributed by atoms with Crippen molar-refractivity contribution in [3.05, 3.63) is 0 Å². The molecule has 0 unspecified atom stereocenters. The van der Waals surface area contributed by atoms with Gasteiger partial charge in [-0.2, -0.15) is 0 Å². The van der Waals surface area contributed by atoms with Crippen LogP contribution >= 0.6 is 0 Å². The number of hydrogen-bond acceptors (Lipinski definition) is 5. The number of aliphatic hydroxyl groups excluding tert-OH is 1. The Morgan fingerprint density at radius 3 is 2.00 bits per heavy atom. The zero-order valence-electron chi connectivity index (χ0n) is 21.7. The Hall–Kier alpha value is -0.723. The van der Waals surface area contributed by atoms with Crippen LogP contribution in [0.3, 0.4) is 0 Å². The summed E-state index contributed by atoms with van der Waals surface area (Å²) in [6.45, 7) is 18.5. The minimum Gasteiger partial charge on any atom is -0.469 e. The lowest BCUT2D eigenvalue weighted by Gasteiger charge is -2.48.